The van der Waals surface area contributed by atoms with Crippen LogP contribution in [0.3, 0.4) is 0 Å². The Morgan fingerprint density at radius 1 is 1.33 bits per heavy atom. The predicted molar refractivity (Wildman–Crippen MR) is 81.6 cm³/mol. The highest BCUT2D eigenvalue weighted by atomic mass is 127. The molecule has 0 aliphatic carbocycles. The molecule has 1 saturated heterocycles. The van der Waals surface area contributed by atoms with Gasteiger partial charge in [0.1, 0.15) is 0 Å². The number of alkyl halides is 1. The highest BCUT2D eigenvalue weighted by molar-refractivity contribution is 14.1. The average Bonchev–Trinajstić information content (AvgIpc) is 2.79. The number of aryl methyl sites for hydroxylation is 1. The van der Waals surface area contributed by atoms with E-state index < -0.39 is 10.0 Å². The minimum Gasteiger partial charge on any atom is -0.207 e. The zero-order chi connectivity index (χ0) is 13.3. The van der Waals surface area contributed by atoms with Gasteiger partial charge in [0.15, 0.2) is 0 Å². The molecule has 3 nitrogen and oxygen atoms in total. The van der Waals surface area contributed by atoms with Crippen LogP contribution in [-0.2, 0) is 10.0 Å². The lowest BCUT2D eigenvalue weighted by Crippen LogP contribution is -2.39. The first-order valence-corrected chi connectivity index (χ1v) is 8.84. The number of halogens is 1. The first kappa shape index (κ1) is 14.3. The lowest BCUT2D eigenvalue weighted by atomic mass is 10.2. The zero-order valence-corrected chi connectivity index (χ0v) is 13.6. The predicted octanol–water partition coefficient (Wildman–Crippen LogP) is 2.97. The highest BCUT2D eigenvalue weighted by Gasteiger charge is 2.37. The summed E-state index contributed by atoms with van der Waals surface area (Å²) in [6.07, 6.45) is 1.93. The second-order valence-corrected chi connectivity index (χ2v) is 8.67. The Labute approximate surface area is 123 Å². The van der Waals surface area contributed by atoms with Gasteiger partial charge >= 0.3 is 0 Å². The molecule has 18 heavy (non-hydrogen) atoms. The number of sulfonamides is 1. The molecule has 0 unspecified atom stereocenters. The molecule has 0 spiro atoms. The third kappa shape index (κ3) is 2.72. The fraction of sp³-hybridized carbons (Fsp3) is 0.538. The van der Waals surface area contributed by atoms with Crippen molar-refractivity contribution in [3.05, 3.63) is 29.8 Å². The van der Waals surface area contributed by atoms with Crippen LogP contribution in [0.5, 0.6) is 0 Å². The highest BCUT2D eigenvalue weighted by Crippen LogP contribution is 2.30. The lowest BCUT2D eigenvalue weighted by molar-refractivity contribution is 0.391. The van der Waals surface area contributed by atoms with E-state index in [4.69, 9.17) is 0 Å². The van der Waals surface area contributed by atoms with Crippen molar-refractivity contribution in [3.8, 4) is 0 Å². The Bertz CT molecular complexity index is 510. The maximum atomic E-state index is 12.6. The van der Waals surface area contributed by atoms with E-state index >= 15 is 0 Å². The molecule has 1 aliphatic rings. The molecular formula is C13H18INO2S. The zero-order valence-electron chi connectivity index (χ0n) is 10.6. The van der Waals surface area contributed by atoms with Gasteiger partial charge < -0.3 is 0 Å². The maximum absolute atomic E-state index is 12.6. The summed E-state index contributed by atoms with van der Waals surface area (Å²) in [6.45, 7) is 4.68. The van der Waals surface area contributed by atoms with Crippen molar-refractivity contribution in [1.29, 1.82) is 0 Å². The number of rotatable bonds is 3. The largest absolute Gasteiger partial charge is 0.243 e. The molecule has 0 bridgehead atoms. The third-order valence-electron chi connectivity index (χ3n) is 3.41. The van der Waals surface area contributed by atoms with Crippen LogP contribution in [-0.4, -0.2) is 29.2 Å². The molecule has 0 amide bonds. The molecule has 0 saturated carbocycles. The molecule has 1 aliphatic heterocycles. The van der Waals surface area contributed by atoms with Crippen molar-refractivity contribution in [2.24, 2.45) is 0 Å². The van der Waals surface area contributed by atoms with Crippen LogP contribution in [0.25, 0.3) is 0 Å². The Morgan fingerprint density at radius 2 is 1.94 bits per heavy atom. The molecule has 1 heterocycles. The normalized spacial score (nSPS) is 23.2. The second-order valence-electron chi connectivity index (χ2n) is 4.82. The molecule has 2 atom stereocenters. The smallest absolute Gasteiger partial charge is 0.207 e. The fourth-order valence-corrected chi connectivity index (χ4v) is 5.10. The molecule has 1 aromatic carbocycles. The van der Waals surface area contributed by atoms with Crippen molar-refractivity contribution in [1.82, 2.24) is 4.31 Å². The van der Waals surface area contributed by atoms with Crippen molar-refractivity contribution >= 4 is 32.6 Å². The van der Waals surface area contributed by atoms with Gasteiger partial charge in [-0.05, 0) is 31.9 Å². The quantitative estimate of drug-likeness (QED) is 0.598. The van der Waals surface area contributed by atoms with Crippen molar-refractivity contribution in [2.75, 3.05) is 6.54 Å². The molecule has 0 aromatic heterocycles. The molecule has 100 valence electrons. The van der Waals surface area contributed by atoms with Gasteiger partial charge in [-0.3, -0.25) is 0 Å². The van der Waals surface area contributed by atoms with Crippen LogP contribution >= 0.6 is 22.6 Å². The van der Waals surface area contributed by atoms with Gasteiger partial charge in [-0.1, -0.05) is 47.2 Å². The molecule has 2 rings (SSSR count). The third-order valence-corrected chi connectivity index (χ3v) is 6.17. The Morgan fingerprint density at radius 3 is 2.50 bits per heavy atom. The van der Waals surface area contributed by atoms with Crippen LogP contribution in [0.15, 0.2) is 29.2 Å². The van der Waals surface area contributed by atoms with E-state index in [0.717, 1.165) is 18.4 Å². The Kier molecular flexibility index (Phi) is 4.33. The van der Waals surface area contributed by atoms with Crippen LogP contribution in [0.2, 0.25) is 0 Å². The number of hydrogen-bond donors (Lipinski definition) is 0. The molecule has 1 fully saturated rings. The van der Waals surface area contributed by atoms with E-state index in [9.17, 15) is 8.42 Å². The van der Waals surface area contributed by atoms with Gasteiger partial charge in [0.25, 0.3) is 0 Å². The second kappa shape index (κ2) is 5.46. The Hall–Kier alpha value is -0.140. The molecule has 1 aromatic rings. The first-order valence-electron chi connectivity index (χ1n) is 6.15. The van der Waals surface area contributed by atoms with Gasteiger partial charge in [0, 0.05) is 16.5 Å². The number of benzene rings is 1. The molecule has 0 radical (unpaired) electrons. The van der Waals surface area contributed by atoms with Gasteiger partial charge in [-0.15, -0.1) is 0 Å². The summed E-state index contributed by atoms with van der Waals surface area (Å²) in [5.41, 5.74) is 1.08. The maximum Gasteiger partial charge on any atom is 0.243 e. The van der Waals surface area contributed by atoms with Gasteiger partial charge in [0.2, 0.25) is 10.0 Å². The van der Waals surface area contributed by atoms with Crippen LogP contribution in [0.1, 0.15) is 25.3 Å². The van der Waals surface area contributed by atoms with Crippen LogP contribution in [0.4, 0.5) is 0 Å². The summed E-state index contributed by atoms with van der Waals surface area (Å²) in [5, 5.41) is 0. The summed E-state index contributed by atoms with van der Waals surface area (Å²) < 4.78 is 27.2. The summed E-state index contributed by atoms with van der Waals surface area (Å²) in [4.78, 5) is 0.414. The monoisotopic (exact) mass is 379 g/mol. The van der Waals surface area contributed by atoms with Gasteiger partial charge in [-0.2, -0.15) is 4.31 Å². The van der Waals surface area contributed by atoms with E-state index in [0.29, 0.717) is 15.4 Å². The van der Waals surface area contributed by atoms with Crippen LogP contribution in [0, 0.1) is 6.92 Å². The Balaban J connectivity index is 2.33. The molecule has 0 N–H and O–H groups in total. The van der Waals surface area contributed by atoms with E-state index in [1.54, 1.807) is 16.4 Å². The van der Waals surface area contributed by atoms with Crippen molar-refractivity contribution in [3.63, 3.8) is 0 Å². The first-order chi connectivity index (χ1) is 8.43. The molecular weight excluding hydrogens is 361 g/mol. The summed E-state index contributed by atoms with van der Waals surface area (Å²) in [6, 6.07) is 7.25. The lowest BCUT2D eigenvalue weighted by Gasteiger charge is -2.26. The molecule has 5 heteroatoms. The average molecular weight is 379 g/mol. The van der Waals surface area contributed by atoms with Crippen molar-refractivity contribution in [2.45, 2.75) is 41.6 Å². The number of nitrogens with zero attached hydrogens (tertiary/aromatic N) is 1. The van der Waals surface area contributed by atoms with E-state index in [-0.39, 0.29) is 6.04 Å². The minimum absolute atomic E-state index is 0.136. The standard InChI is InChI=1S/C13H18INO2S/c1-10-5-7-12(8-6-10)18(16,17)15-9-3-4-13(15)11(2)14/h5-8,11,13H,3-4,9H2,1-2H3/t11-,13+/m1/s1. The number of hydrogen-bond acceptors (Lipinski definition) is 2. The fourth-order valence-electron chi connectivity index (χ4n) is 2.37. The summed E-state index contributed by atoms with van der Waals surface area (Å²) in [7, 11) is -3.32. The summed E-state index contributed by atoms with van der Waals surface area (Å²) >= 11 is 2.32. The van der Waals surface area contributed by atoms with E-state index in [1.807, 2.05) is 19.1 Å². The summed E-state index contributed by atoms with van der Waals surface area (Å²) in [5.74, 6) is 0. The van der Waals surface area contributed by atoms with E-state index in [2.05, 4.69) is 29.5 Å². The van der Waals surface area contributed by atoms with Gasteiger partial charge in [-0.25, -0.2) is 8.42 Å². The topological polar surface area (TPSA) is 37.4 Å². The van der Waals surface area contributed by atoms with E-state index in [1.165, 1.54) is 0 Å². The van der Waals surface area contributed by atoms with Gasteiger partial charge in [0.05, 0.1) is 4.90 Å². The van der Waals surface area contributed by atoms with Crippen LogP contribution < -0.4 is 0 Å². The van der Waals surface area contributed by atoms with Crippen molar-refractivity contribution < 1.29 is 8.42 Å². The SMILES string of the molecule is Cc1ccc(S(=O)(=O)N2CCC[C@H]2[C@@H](C)I)cc1. The minimum atomic E-state index is -3.32.